The molecule has 1 spiro atoms. The fourth-order valence-corrected chi connectivity index (χ4v) is 6.00. The number of carbonyl (C=O) groups is 3. The fraction of sp³-hybridized carbons (Fsp3) is 0.762. The number of nitrogens with one attached hydrogen (secondary N) is 2. The molecule has 7 nitrogen and oxygen atoms in total. The van der Waals surface area contributed by atoms with Crippen LogP contribution in [0.1, 0.15) is 51.9 Å². The van der Waals surface area contributed by atoms with E-state index < -0.39 is 29.1 Å². The molecule has 0 aromatic rings. The number of hydrogen-bond donors (Lipinski definition) is 2. The average molecular weight is 387 g/mol. The van der Waals surface area contributed by atoms with Crippen LogP contribution in [-0.2, 0) is 19.1 Å². The Hall–Kier alpha value is -1.89. The molecule has 3 aliphatic heterocycles. The number of rotatable bonds is 4. The molecule has 152 valence electrons. The summed E-state index contributed by atoms with van der Waals surface area (Å²) in [5, 5.41) is 5.90. The normalized spacial score (nSPS) is 42.0. The van der Waals surface area contributed by atoms with Crippen LogP contribution in [0.2, 0.25) is 0 Å². The zero-order chi connectivity index (χ0) is 19.7. The Morgan fingerprint density at radius 1 is 1.11 bits per heavy atom. The van der Waals surface area contributed by atoms with Gasteiger partial charge in [0.05, 0.1) is 17.4 Å². The van der Waals surface area contributed by atoms with Crippen molar-refractivity contribution >= 4 is 17.7 Å². The van der Waals surface area contributed by atoms with Gasteiger partial charge in [-0.1, -0.05) is 31.4 Å². The molecule has 2 saturated heterocycles. The van der Waals surface area contributed by atoms with Crippen molar-refractivity contribution in [3.05, 3.63) is 12.2 Å². The van der Waals surface area contributed by atoms with Crippen LogP contribution in [-0.4, -0.2) is 59.0 Å². The predicted molar refractivity (Wildman–Crippen MR) is 101 cm³/mol. The maximum absolute atomic E-state index is 13.5. The van der Waals surface area contributed by atoms with Gasteiger partial charge < -0.3 is 20.3 Å². The van der Waals surface area contributed by atoms with Crippen molar-refractivity contribution in [2.75, 3.05) is 7.05 Å². The smallest absolute Gasteiger partial charge is 0.246 e. The Kier molecular flexibility index (Phi) is 3.92. The molecule has 0 radical (unpaired) electrons. The Morgan fingerprint density at radius 2 is 1.82 bits per heavy atom. The van der Waals surface area contributed by atoms with Crippen LogP contribution in [0, 0.1) is 11.8 Å². The van der Waals surface area contributed by atoms with Gasteiger partial charge in [-0.25, -0.2) is 0 Å². The Labute approximate surface area is 165 Å². The van der Waals surface area contributed by atoms with Gasteiger partial charge >= 0.3 is 0 Å². The topological polar surface area (TPSA) is 87.7 Å². The second-order valence-electron chi connectivity index (χ2n) is 9.27. The summed E-state index contributed by atoms with van der Waals surface area (Å²) >= 11 is 0. The summed E-state index contributed by atoms with van der Waals surface area (Å²) in [4.78, 5) is 41.4. The van der Waals surface area contributed by atoms with E-state index in [4.69, 9.17) is 4.74 Å². The molecule has 7 heteroatoms. The first kappa shape index (κ1) is 18.2. The summed E-state index contributed by atoms with van der Waals surface area (Å²) in [5.74, 6) is -1.67. The summed E-state index contributed by atoms with van der Waals surface area (Å²) in [6, 6.07) is -0.434. The highest BCUT2D eigenvalue weighted by atomic mass is 16.5. The minimum atomic E-state index is -1.04. The highest BCUT2D eigenvalue weighted by Gasteiger charge is 2.77. The molecular weight excluding hydrogens is 358 g/mol. The van der Waals surface area contributed by atoms with Crippen molar-refractivity contribution in [2.45, 2.75) is 81.2 Å². The Balaban J connectivity index is 1.51. The van der Waals surface area contributed by atoms with Gasteiger partial charge in [0, 0.05) is 19.1 Å². The molecule has 28 heavy (non-hydrogen) atoms. The number of carbonyl (C=O) groups excluding carboxylic acids is 3. The number of nitrogens with zero attached hydrogens (tertiary/aromatic N) is 1. The highest BCUT2D eigenvalue weighted by Crippen LogP contribution is 2.60. The molecular formula is C21H29N3O4. The van der Waals surface area contributed by atoms with Crippen LogP contribution in [0.15, 0.2) is 12.2 Å². The average Bonchev–Trinajstić information content (AvgIpc) is 3.35. The lowest BCUT2D eigenvalue weighted by atomic mass is 9.70. The van der Waals surface area contributed by atoms with Crippen LogP contribution < -0.4 is 10.6 Å². The maximum atomic E-state index is 13.5. The number of likely N-dealkylation sites (tertiary alicyclic amines) is 1. The van der Waals surface area contributed by atoms with Gasteiger partial charge in [-0.3, -0.25) is 14.4 Å². The molecule has 5 atom stereocenters. The van der Waals surface area contributed by atoms with Crippen molar-refractivity contribution in [1.82, 2.24) is 15.5 Å². The molecule has 2 aliphatic carbocycles. The zero-order valence-electron chi connectivity index (χ0n) is 16.6. The van der Waals surface area contributed by atoms with Gasteiger partial charge in [-0.15, -0.1) is 0 Å². The largest absolute Gasteiger partial charge is 0.359 e. The standard InChI is InChI=1S/C21H29N3O4/c1-20-10-11-21(28-20)15(14(20)17(25)22-2)19(27)24(13-8-9-13)16(21)18(26)23-12-6-4-3-5-7-12/h10-16H,3-9H2,1-2H3,(H,22,25)(H,23,26)/t14-,15-,16+,20+,21+/m0/s1. The van der Waals surface area contributed by atoms with E-state index in [1.807, 2.05) is 19.1 Å². The predicted octanol–water partition coefficient (Wildman–Crippen LogP) is 0.884. The van der Waals surface area contributed by atoms with E-state index in [0.29, 0.717) is 0 Å². The molecule has 2 saturated carbocycles. The fourth-order valence-electron chi connectivity index (χ4n) is 6.00. The van der Waals surface area contributed by atoms with E-state index in [1.165, 1.54) is 6.42 Å². The first-order chi connectivity index (χ1) is 13.4. The van der Waals surface area contributed by atoms with E-state index in [9.17, 15) is 14.4 Å². The van der Waals surface area contributed by atoms with E-state index in [1.54, 1.807) is 11.9 Å². The Morgan fingerprint density at radius 3 is 2.46 bits per heavy atom. The van der Waals surface area contributed by atoms with Crippen LogP contribution >= 0.6 is 0 Å². The Bertz CT molecular complexity index is 757. The molecule has 2 bridgehead atoms. The van der Waals surface area contributed by atoms with Crippen LogP contribution in [0.5, 0.6) is 0 Å². The number of fused-ring (bicyclic) bond motifs is 1. The lowest BCUT2D eigenvalue weighted by Gasteiger charge is -2.34. The summed E-state index contributed by atoms with van der Waals surface area (Å²) in [7, 11) is 1.58. The number of amides is 3. The monoisotopic (exact) mass is 387 g/mol. The zero-order valence-corrected chi connectivity index (χ0v) is 16.6. The summed E-state index contributed by atoms with van der Waals surface area (Å²) in [6.45, 7) is 1.85. The molecule has 0 aromatic carbocycles. The van der Waals surface area contributed by atoms with Crippen molar-refractivity contribution in [1.29, 1.82) is 0 Å². The third kappa shape index (κ3) is 2.34. The van der Waals surface area contributed by atoms with E-state index >= 15 is 0 Å². The van der Waals surface area contributed by atoms with Gasteiger partial charge in [0.2, 0.25) is 17.7 Å². The second-order valence-corrected chi connectivity index (χ2v) is 9.27. The maximum Gasteiger partial charge on any atom is 0.246 e. The summed E-state index contributed by atoms with van der Waals surface area (Å²) < 4.78 is 6.41. The minimum Gasteiger partial charge on any atom is -0.359 e. The van der Waals surface area contributed by atoms with Crippen LogP contribution in [0.25, 0.3) is 0 Å². The van der Waals surface area contributed by atoms with Crippen molar-refractivity contribution in [2.24, 2.45) is 11.8 Å². The van der Waals surface area contributed by atoms with E-state index in [-0.39, 0.29) is 29.8 Å². The molecule has 5 rings (SSSR count). The van der Waals surface area contributed by atoms with Crippen molar-refractivity contribution in [3.8, 4) is 0 Å². The minimum absolute atomic E-state index is 0.0868. The first-order valence-electron chi connectivity index (χ1n) is 10.7. The van der Waals surface area contributed by atoms with Gasteiger partial charge in [-0.2, -0.15) is 0 Å². The SMILES string of the molecule is CNC(=O)[C@@H]1[C@H]2C(=O)N(C3CC3)[C@H](C(=O)NC3CCCCC3)[C@@]23C=C[C@@]1(C)O3. The van der Waals surface area contributed by atoms with Gasteiger partial charge in [-0.05, 0) is 32.6 Å². The third-order valence-corrected chi connectivity index (χ3v) is 7.40. The third-order valence-electron chi connectivity index (χ3n) is 7.40. The van der Waals surface area contributed by atoms with E-state index in [2.05, 4.69) is 10.6 Å². The van der Waals surface area contributed by atoms with Crippen molar-refractivity contribution in [3.63, 3.8) is 0 Å². The first-order valence-corrected chi connectivity index (χ1v) is 10.7. The van der Waals surface area contributed by atoms with Crippen LogP contribution in [0.4, 0.5) is 0 Å². The molecule has 0 unspecified atom stereocenters. The van der Waals surface area contributed by atoms with Gasteiger partial charge in [0.25, 0.3) is 0 Å². The molecule has 3 heterocycles. The molecule has 3 amide bonds. The molecule has 4 fully saturated rings. The van der Waals surface area contributed by atoms with Gasteiger partial charge in [0.15, 0.2) is 0 Å². The lowest BCUT2D eigenvalue weighted by Crippen LogP contribution is -2.57. The van der Waals surface area contributed by atoms with Crippen molar-refractivity contribution < 1.29 is 19.1 Å². The molecule has 0 aromatic heterocycles. The number of ether oxygens (including phenoxy) is 1. The van der Waals surface area contributed by atoms with Crippen LogP contribution in [0.3, 0.4) is 0 Å². The quantitative estimate of drug-likeness (QED) is 0.701. The summed E-state index contributed by atoms with van der Waals surface area (Å²) in [5.41, 5.74) is -1.89. The molecule has 5 aliphatic rings. The summed E-state index contributed by atoms with van der Waals surface area (Å²) in [6.07, 6.45) is 11.0. The highest BCUT2D eigenvalue weighted by molar-refractivity contribution is 6.00. The second kappa shape index (κ2) is 6.05. The van der Waals surface area contributed by atoms with Gasteiger partial charge in [0.1, 0.15) is 11.6 Å². The van der Waals surface area contributed by atoms with E-state index in [0.717, 1.165) is 38.5 Å². The number of hydrogen-bond acceptors (Lipinski definition) is 4. The lowest BCUT2D eigenvalue weighted by molar-refractivity contribution is -0.145. The molecule has 2 N–H and O–H groups in total.